The summed E-state index contributed by atoms with van der Waals surface area (Å²) in [6.45, 7) is 0. The van der Waals surface area contributed by atoms with Crippen molar-refractivity contribution in [2.24, 2.45) is 23.5 Å². The first-order valence-corrected chi connectivity index (χ1v) is 9.35. The lowest BCUT2D eigenvalue weighted by atomic mass is 9.89. The molecule has 0 heterocycles. The first-order valence-electron chi connectivity index (χ1n) is 9.35. The molecule has 0 spiro atoms. The highest BCUT2D eigenvalue weighted by Crippen LogP contribution is 2.50. The molecule has 0 radical (unpaired) electrons. The Kier molecular flexibility index (Phi) is 4.28. The molecule has 1 unspecified atom stereocenters. The Labute approximate surface area is 148 Å². The number of methoxy groups -OCH3 is 1. The maximum atomic E-state index is 12.6. The summed E-state index contributed by atoms with van der Waals surface area (Å²) in [5.41, 5.74) is 9.21. The van der Waals surface area contributed by atoms with Crippen molar-refractivity contribution in [2.45, 2.75) is 50.5 Å². The van der Waals surface area contributed by atoms with Crippen LogP contribution in [0.1, 0.15) is 49.1 Å². The zero-order valence-electron chi connectivity index (χ0n) is 14.7. The minimum absolute atomic E-state index is 0.0775. The van der Waals surface area contributed by atoms with Crippen molar-refractivity contribution in [3.8, 4) is 0 Å². The van der Waals surface area contributed by atoms with E-state index < -0.39 is 6.04 Å². The van der Waals surface area contributed by atoms with E-state index in [9.17, 15) is 9.59 Å². The molecule has 2 atom stereocenters. The number of carbonyl (C=O) groups is 2. The Bertz CT molecular complexity index is 682. The fraction of sp³-hybridized carbons (Fsp3) is 0.600. The molecule has 2 fully saturated rings. The third kappa shape index (κ3) is 3.30. The van der Waals surface area contributed by atoms with Gasteiger partial charge in [-0.3, -0.25) is 9.59 Å². The fourth-order valence-corrected chi connectivity index (χ4v) is 4.42. The van der Waals surface area contributed by atoms with Gasteiger partial charge in [-0.1, -0.05) is 6.07 Å². The smallest absolute Gasteiger partial charge is 0.313 e. The number of anilines is 1. The third-order valence-electron chi connectivity index (χ3n) is 6.02. The molecule has 3 aliphatic carbocycles. The number of fused-ring (bicyclic) bond motifs is 1. The Morgan fingerprint density at radius 2 is 1.84 bits per heavy atom. The number of hydrogen-bond acceptors (Lipinski definition) is 4. The van der Waals surface area contributed by atoms with Crippen LogP contribution in [0, 0.1) is 17.8 Å². The van der Waals surface area contributed by atoms with Crippen molar-refractivity contribution in [2.75, 3.05) is 12.4 Å². The van der Waals surface area contributed by atoms with Gasteiger partial charge in [0, 0.05) is 5.69 Å². The lowest BCUT2D eigenvalue weighted by Gasteiger charge is -2.23. The lowest BCUT2D eigenvalue weighted by molar-refractivity contribution is -0.142. The van der Waals surface area contributed by atoms with E-state index in [1.807, 2.05) is 18.2 Å². The molecule has 1 amide bonds. The van der Waals surface area contributed by atoms with Crippen LogP contribution < -0.4 is 11.1 Å². The summed E-state index contributed by atoms with van der Waals surface area (Å²) in [5.74, 6) is 1.20. The zero-order chi connectivity index (χ0) is 17.6. The predicted molar refractivity (Wildman–Crippen MR) is 95.1 cm³/mol. The summed E-state index contributed by atoms with van der Waals surface area (Å²) < 4.78 is 4.87. The van der Waals surface area contributed by atoms with Crippen LogP contribution in [0.3, 0.4) is 0 Å². The van der Waals surface area contributed by atoms with Gasteiger partial charge in [-0.25, -0.2) is 0 Å². The molecule has 134 valence electrons. The molecule has 1 aromatic rings. The third-order valence-corrected chi connectivity index (χ3v) is 6.02. The van der Waals surface area contributed by atoms with Gasteiger partial charge in [-0.15, -0.1) is 0 Å². The van der Waals surface area contributed by atoms with E-state index in [1.165, 1.54) is 32.8 Å². The van der Waals surface area contributed by atoms with Crippen molar-refractivity contribution < 1.29 is 14.3 Å². The molecule has 5 nitrogen and oxygen atoms in total. The van der Waals surface area contributed by atoms with E-state index in [-0.39, 0.29) is 17.8 Å². The molecule has 0 bridgehead atoms. The van der Waals surface area contributed by atoms with E-state index in [2.05, 4.69) is 5.32 Å². The summed E-state index contributed by atoms with van der Waals surface area (Å²) in [7, 11) is 1.42. The van der Waals surface area contributed by atoms with Crippen molar-refractivity contribution in [3.05, 3.63) is 29.3 Å². The van der Waals surface area contributed by atoms with E-state index in [1.54, 1.807) is 0 Å². The number of ether oxygens (including phenoxy) is 1. The summed E-state index contributed by atoms with van der Waals surface area (Å²) in [4.78, 5) is 24.5. The second kappa shape index (κ2) is 6.45. The van der Waals surface area contributed by atoms with Crippen LogP contribution in [-0.4, -0.2) is 25.0 Å². The van der Waals surface area contributed by atoms with Gasteiger partial charge in [-0.05, 0) is 79.5 Å². The number of amides is 1. The van der Waals surface area contributed by atoms with E-state index in [0.29, 0.717) is 17.8 Å². The number of aryl methyl sites for hydroxylation is 1. The van der Waals surface area contributed by atoms with Crippen LogP contribution in [0.15, 0.2) is 18.2 Å². The van der Waals surface area contributed by atoms with Gasteiger partial charge in [0.1, 0.15) is 0 Å². The Morgan fingerprint density at radius 1 is 1.16 bits per heavy atom. The van der Waals surface area contributed by atoms with Gasteiger partial charge in [0.05, 0.1) is 19.1 Å². The molecule has 1 aromatic carbocycles. The highest BCUT2D eigenvalue weighted by Gasteiger charge is 2.46. The normalized spacial score (nSPS) is 23.2. The molecule has 25 heavy (non-hydrogen) atoms. The molecule has 3 N–H and O–H groups in total. The van der Waals surface area contributed by atoms with Crippen molar-refractivity contribution in [3.63, 3.8) is 0 Å². The van der Waals surface area contributed by atoms with Crippen LogP contribution >= 0.6 is 0 Å². The standard InChI is InChI=1S/C20H26N2O3/c1-25-20(24)16-8-6-13-10-14(7-9-15(13)16)22-19(23)18(21)17(11-2-3-11)12-4-5-12/h7,9-12,16-18H,2-6,8,21H2,1H3,(H,22,23)/t16?,18-/m0/s1. The summed E-state index contributed by atoms with van der Waals surface area (Å²) >= 11 is 0. The van der Waals surface area contributed by atoms with E-state index in [0.717, 1.165) is 29.7 Å². The quantitative estimate of drug-likeness (QED) is 0.779. The highest BCUT2D eigenvalue weighted by molar-refractivity contribution is 5.95. The minimum Gasteiger partial charge on any atom is -0.469 e. The molecule has 0 aliphatic heterocycles. The number of nitrogens with two attached hydrogens (primary N) is 1. The first kappa shape index (κ1) is 16.6. The SMILES string of the molecule is COC(=O)C1CCc2cc(NC(=O)[C@@H](N)C(C3CC3)C3CC3)ccc21. The zero-order valence-corrected chi connectivity index (χ0v) is 14.7. The first-order chi connectivity index (χ1) is 12.1. The van der Waals surface area contributed by atoms with Crippen molar-refractivity contribution >= 4 is 17.6 Å². The molecule has 2 saturated carbocycles. The topological polar surface area (TPSA) is 81.4 Å². The van der Waals surface area contributed by atoms with Gasteiger partial charge in [0.25, 0.3) is 0 Å². The molecule has 3 aliphatic rings. The van der Waals surface area contributed by atoms with Gasteiger partial charge in [-0.2, -0.15) is 0 Å². The van der Waals surface area contributed by atoms with E-state index >= 15 is 0 Å². The van der Waals surface area contributed by atoms with Crippen LogP contribution in [-0.2, 0) is 20.7 Å². The largest absolute Gasteiger partial charge is 0.469 e. The number of hydrogen-bond donors (Lipinski definition) is 2. The second-order valence-electron chi connectivity index (χ2n) is 7.80. The molecule has 4 rings (SSSR count). The van der Waals surface area contributed by atoms with E-state index in [4.69, 9.17) is 10.5 Å². The Morgan fingerprint density at radius 3 is 2.44 bits per heavy atom. The lowest BCUT2D eigenvalue weighted by Crippen LogP contribution is -2.43. The number of esters is 1. The fourth-order valence-electron chi connectivity index (χ4n) is 4.42. The molecular weight excluding hydrogens is 316 g/mol. The molecule has 0 aromatic heterocycles. The van der Waals surface area contributed by atoms with Crippen LogP contribution in [0.5, 0.6) is 0 Å². The van der Waals surface area contributed by atoms with Gasteiger partial charge >= 0.3 is 5.97 Å². The summed E-state index contributed by atoms with van der Waals surface area (Å²) in [5, 5.41) is 3.00. The number of rotatable bonds is 6. The Balaban J connectivity index is 1.44. The van der Waals surface area contributed by atoms with Crippen LogP contribution in [0.4, 0.5) is 5.69 Å². The van der Waals surface area contributed by atoms with Gasteiger partial charge < -0.3 is 15.8 Å². The van der Waals surface area contributed by atoms with Gasteiger partial charge in [0.2, 0.25) is 5.91 Å². The van der Waals surface area contributed by atoms with Crippen molar-refractivity contribution in [1.29, 1.82) is 0 Å². The number of carbonyl (C=O) groups excluding carboxylic acids is 2. The molecule has 5 heteroatoms. The number of nitrogens with one attached hydrogen (secondary N) is 1. The number of benzene rings is 1. The average molecular weight is 342 g/mol. The van der Waals surface area contributed by atoms with Crippen LogP contribution in [0.2, 0.25) is 0 Å². The molecule has 0 saturated heterocycles. The Hall–Kier alpha value is -1.88. The summed E-state index contributed by atoms with van der Waals surface area (Å²) in [6.07, 6.45) is 6.47. The second-order valence-corrected chi connectivity index (χ2v) is 7.80. The van der Waals surface area contributed by atoms with Crippen molar-refractivity contribution in [1.82, 2.24) is 0 Å². The van der Waals surface area contributed by atoms with Gasteiger partial charge in [0.15, 0.2) is 0 Å². The highest BCUT2D eigenvalue weighted by atomic mass is 16.5. The monoisotopic (exact) mass is 342 g/mol. The van der Waals surface area contributed by atoms with Crippen LogP contribution in [0.25, 0.3) is 0 Å². The average Bonchev–Trinajstić information content (AvgIpc) is 3.54. The summed E-state index contributed by atoms with van der Waals surface area (Å²) in [6, 6.07) is 5.36. The predicted octanol–water partition coefficient (Wildman–Crippen LogP) is 2.59. The minimum atomic E-state index is -0.420. The molecular formula is C20H26N2O3. The maximum Gasteiger partial charge on any atom is 0.313 e. The maximum absolute atomic E-state index is 12.6.